The van der Waals surface area contributed by atoms with Gasteiger partial charge in [0.25, 0.3) is 5.91 Å². The van der Waals surface area contributed by atoms with Gasteiger partial charge in [-0.15, -0.1) is 6.58 Å². The van der Waals surface area contributed by atoms with Crippen molar-refractivity contribution in [2.24, 2.45) is 5.92 Å². The van der Waals surface area contributed by atoms with Crippen molar-refractivity contribution in [1.82, 2.24) is 25.8 Å². The maximum absolute atomic E-state index is 12.9. The van der Waals surface area contributed by atoms with Crippen molar-refractivity contribution in [2.75, 3.05) is 13.1 Å². The van der Waals surface area contributed by atoms with Crippen molar-refractivity contribution < 1.29 is 9.53 Å². The van der Waals surface area contributed by atoms with Crippen LogP contribution in [0.15, 0.2) is 49.2 Å². The average Bonchev–Trinajstić information content (AvgIpc) is 3.17. The van der Waals surface area contributed by atoms with E-state index in [9.17, 15) is 4.79 Å². The van der Waals surface area contributed by atoms with Crippen LogP contribution in [-0.4, -0.2) is 46.3 Å². The molecule has 0 bridgehead atoms. The topological polar surface area (TPSA) is 91.9 Å². The summed E-state index contributed by atoms with van der Waals surface area (Å²) in [7, 11) is 0. The van der Waals surface area contributed by atoms with Crippen molar-refractivity contribution in [2.45, 2.75) is 32.4 Å². The minimum absolute atomic E-state index is 0.0426. The van der Waals surface area contributed by atoms with E-state index in [4.69, 9.17) is 4.74 Å². The molecule has 30 heavy (non-hydrogen) atoms. The molecule has 3 aromatic rings. The van der Waals surface area contributed by atoms with Crippen molar-refractivity contribution in [3.8, 4) is 17.1 Å². The molecule has 3 heterocycles. The van der Waals surface area contributed by atoms with Gasteiger partial charge in [0.15, 0.2) is 0 Å². The average molecular weight is 406 g/mol. The van der Waals surface area contributed by atoms with Gasteiger partial charge in [-0.2, -0.15) is 5.10 Å². The zero-order chi connectivity index (χ0) is 21.1. The number of nitrogens with zero attached hydrogens (tertiary/aromatic N) is 2. The van der Waals surface area contributed by atoms with Gasteiger partial charge in [0, 0.05) is 41.4 Å². The molecule has 7 nitrogen and oxygen atoms in total. The van der Waals surface area contributed by atoms with E-state index >= 15 is 0 Å². The fraction of sp³-hybridized carbons (Fsp3) is 0.348. The third-order valence-electron chi connectivity index (χ3n) is 5.35. The smallest absolute Gasteiger partial charge is 0.251 e. The molecular formula is C23H27N5O2. The largest absolute Gasteiger partial charge is 0.475 e. The Kier molecular flexibility index (Phi) is 5.81. The molecule has 156 valence electrons. The zero-order valence-electron chi connectivity index (χ0n) is 17.3. The summed E-state index contributed by atoms with van der Waals surface area (Å²) in [5.74, 6) is 0.760. The molecule has 0 saturated carbocycles. The number of carbonyl (C=O) groups is 1. The standard InChI is InChI=1S/C23H27N5O2/c1-4-15-9-10-24-13-20(15)26-23(29)16-5-7-19-18(11-16)22(28-27-19)17-6-8-21(25-12-17)30-14(2)3/h4-8,11-12,14-15,20,24H,1,9-10,13H2,2-3H3,(H,26,29)(H,27,28)/t15-,20-/m1/s1. The molecule has 3 N–H and O–H groups in total. The summed E-state index contributed by atoms with van der Waals surface area (Å²) >= 11 is 0. The van der Waals surface area contributed by atoms with E-state index in [1.54, 1.807) is 6.20 Å². The Balaban J connectivity index is 1.58. The highest BCUT2D eigenvalue weighted by molar-refractivity contribution is 6.01. The first kappa shape index (κ1) is 20.1. The number of rotatable bonds is 6. The molecule has 0 spiro atoms. The van der Waals surface area contributed by atoms with Crippen LogP contribution in [0, 0.1) is 5.92 Å². The highest BCUT2D eigenvalue weighted by Gasteiger charge is 2.24. The molecule has 1 aliphatic rings. The highest BCUT2D eigenvalue weighted by atomic mass is 16.5. The normalized spacial score (nSPS) is 19.0. The van der Waals surface area contributed by atoms with E-state index in [0.29, 0.717) is 11.4 Å². The van der Waals surface area contributed by atoms with Crippen molar-refractivity contribution >= 4 is 16.8 Å². The highest BCUT2D eigenvalue weighted by Crippen LogP contribution is 2.28. The quantitative estimate of drug-likeness (QED) is 0.547. The fourth-order valence-electron chi connectivity index (χ4n) is 3.78. The van der Waals surface area contributed by atoms with Crippen LogP contribution in [-0.2, 0) is 0 Å². The Morgan fingerprint density at radius 2 is 2.20 bits per heavy atom. The number of fused-ring (bicyclic) bond motifs is 1. The molecule has 0 aliphatic carbocycles. The van der Waals surface area contributed by atoms with Gasteiger partial charge >= 0.3 is 0 Å². The molecule has 1 amide bonds. The van der Waals surface area contributed by atoms with E-state index in [1.807, 2.05) is 50.3 Å². The van der Waals surface area contributed by atoms with E-state index in [-0.39, 0.29) is 24.0 Å². The van der Waals surface area contributed by atoms with Crippen molar-refractivity contribution in [3.63, 3.8) is 0 Å². The molecule has 4 rings (SSSR count). The molecule has 2 aromatic heterocycles. The van der Waals surface area contributed by atoms with E-state index in [0.717, 1.165) is 41.7 Å². The van der Waals surface area contributed by atoms with Gasteiger partial charge in [0.05, 0.1) is 11.6 Å². The summed E-state index contributed by atoms with van der Waals surface area (Å²) in [6, 6.07) is 9.38. The Morgan fingerprint density at radius 3 is 2.93 bits per heavy atom. The predicted molar refractivity (Wildman–Crippen MR) is 118 cm³/mol. The molecule has 7 heteroatoms. The summed E-state index contributed by atoms with van der Waals surface area (Å²) in [5, 5.41) is 14.8. The summed E-state index contributed by atoms with van der Waals surface area (Å²) in [5.41, 5.74) is 3.09. The molecule has 1 fully saturated rings. The lowest BCUT2D eigenvalue weighted by molar-refractivity contribution is 0.0920. The van der Waals surface area contributed by atoms with Crippen molar-refractivity contribution in [1.29, 1.82) is 0 Å². The monoisotopic (exact) mass is 405 g/mol. The lowest BCUT2D eigenvalue weighted by Crippen LogP contribution is -2.50. The maximum atomic E-state index is 12.9. The van der Waals surface area contributed by atoms with Crippen LogP contribution >= 0.6 is 0 Å². The van der Waals surface area contributed by atoms with Gasteiger partial charge in [-0.3, -0.25) is 9.89 Å². The third kappa shape index (κ3) is 4.21. The first-order valence-corrected chi connectivity index (χ1v) is 10.3. The fourth-order valence-corrected chi connectivity index (χ4v) is 3.78. The van der Waals surface area contributed by atoms with Crippen LogP contribution in [0.2, 0.25) is 0 Å². The third-order valence-corrected chi connectivity index (χ3v) is 5.35. The van der Waals surface area contributed by atoms with Crippen LogP contribution in [0.4, 0.5) is 0 Å². The first-order valence-electron chi connectivity index (χ1n) is 10.3. The number of carbonyl (C=O) groups excluding carboxylic acids is 1. The molecule has 0 unspecified atom stereocenters. The molecule has 1 aliphatic heterocycles. The first-order chi connectivity index (χ1) is 14.5. The minimum Gasteiger partial charge on any atom is -0.475 e. The number of hydrogen-bond donors (Lipinski definition) is 3. The van der Waals surface area contributed by atoms with Gasteiger partial charge in [-0.05, 0) is 57.0 Å². The maximum Gasteiger partial charge on any atom is 0.251 e. The van der Waals surface area contributed by atoms with Crippen LogP contribution < -0.4 is 15.4 Å². The van der Waals surface area contributed by atoms with Crippen LogP contribution in [0.1, 0.15) is 30.6 Å². The minimum atomic E-state index is -0.0941. The van der Waals surface area contributed by atoms with Crippen molar-refractivity contribution in [3.05, 3.63) is 54.7 Å². The van der Waals surface area contributed by atoms with Gasteiger partial charge in [0.2, 0.25) is 5.88 Å². The Labute approximate surface area is 175 Å². The molecule has 1 saturated heterocycles. The second kappa shape index (κ2) is 8.67. The number of ether oxygens (including phenoxy) is 1. The van der Waals surface area contributed by atoms with E-state index in [2.05, 4.69) is 32.4 Å². The molecule has 1 aromatic carbocycles. The Morgan fingerprint density at radius 1 is 1.33 bits per heavy atom. The number of benzene rings is 1. The molecule has 2 atom stereocenters. The van der Waals surface area contributed by atoms with E-state index in [1.165, 1.54) is 0 Å². The summed E-state index contributed by atoms with van der Waals surface area (Å²) in [4.78, 5) is 17.3. The Hall–Kier alpha value is -3.19. The lowest BCUT2D eigenvalue weighted by Gasteiger charge is -2.30. The number of piperidine rings is 1. The number of amides is 1. The summed E-state index contributed by atoms with van der Waals surface area (Å²) in [6.07, 6.45) is 4.71. The number of nitrogens with one attached hydrogen (secondary N) is 3. The second-order valence-corrected chi connectivity index (χ2v) is 7.86. The number of aromatic amines is 1. The molecular weight excluding hydrogens is 378 g/mol. The predicted octanol–water partition coefficient (Wildman–Crippen LogP) is 3.31. The number of H-pyrrole nitrogens is 1. The molecule has 0 radical (unpaired) electrons. The lowest BCUT2D eigenvalue weighted by atomic mass is 9.92. The van der Waals surface area contributed by atoms with Crippen LogP contribution in [0.5, 0.6) is 5.88 Å². The second-order valence-electron chi connectivity index (χ2n) is 7.86. The number of hydrogen-bond acceptors (Lipinski definition) is 5. The number of aromatic nitrogens is 3. The van der Waals surface area contributed by atoms with Crippen LogP contribution in [0.3, 0.4) is 0 Å². The van der Waals surface area contributed by atoms with E-state index < -0.39 is 0 Å². The summed E-state index contributed by atoms with van der Waals surface area (Å²) in [6.45, 7) is 9.53. The van der Waals surface area contributed by atoms with Crippen LogP contribution in [0.25, 0.3) is 22.2 Å². The number of pyridine rings is 1. The van der Waals surface area contributed by atoms with Gasteiger partial charge in [-0.1, -0.05) is 6.08 Å². The Bertz CT molecular complexity index is 1040. The van der Waals surface area contributed by atoms with Gasteiger partial charge < -0.3 is 15.4 Å². The zero-order valence-corrected chi connectivity index (χ0v) is 17.3. The SMILES string of the molecule is C=C[C@@H]1CCNC[C@H]1NC(=O)c1ccc2[nH]nc(-c3ccc(OC(C)C)nc3)c2c1. The van der Waals surface area contributed by atoms with Gasteiger partial charge in [-0.25, -0.2) is 4.98 Å². The summed E-state index contributed by atoms with van der Waals surface area (Å²) < 4.78 is 5.61. The van der Waals surface area contributed by atoms with Gasteiger partial charge in [0.1, 0.15) is 5.69 Å².